The number of rotatable bonds is 3. The third-order valence-electron chi connectivity index (χ3n) is 3.26. The molecule has 2 aromatic rings. The maximum absolute atomic E-state index is 12.2. The summed E-state index contributed by atoms with van der Waals surface area (Å²) >= 11 is 5.84. The number of aromatic nitrogens is 2. The number of Topliss-reactive ketones (excluding diaryl/α,β-unsaturated/α-hetero) is 1. The lowest BCUT2D eigenvalue weighted by Gasteiger charge is -2.07. The second kappa shape index (κ2) is 5.69. The molecule has 1 heterocycles. The topological polar surface area (TPSA) is 61.2 Å². The monoisotopic (exact) mass is 306 g/mol. The van der Waals surface area contributed by atoms with E-state index in [9.17, 15) is 9.59 Å². The van der Waals surface area contributed by atoms with E-state index in [1.165, 1.54) is 0 Å². The summed E-state index contributed by atoms with van der Waals surface area (Å²) in [7, 11) is 1.72. The molecule has 0 radical (unpaired) electrons. The van der Waals surface area contributed by atoms with Crippen LogP contribution < -0.4 is 4.74 Å². The number of hydrogen-bond acceptors (Lipinski definition) is 4. The summed E-state index contributed by atoms with van der Waals surface area (Å²) in [6.45, 7) is 5.16. The summed E-state index contributed by atoms with van der Waals surface area (Å²) in [5.41, 5.74) is 2.10. The molecule has 0 bridgehead atoms. The van der Waals surface area contributed by atoms with Crippen LogP contribution in [-0.4, -0.2) is 21.5 Å². The van der Waals surface area contributed by atoms with Crippen LogP contribution >= 0.6 is 11.6 Å². The lowest BCUT2D eigenvalue weighted by molar-refractivity contribution is -0.129. The van der Waals surface area contributed by atoms with E-state index in [-0.39, 0.29) is 5.56 Å². The average molecular weight is 307 g/mol. The molecule has 2 rings (SSSR count). The summed E-state index contributed by atoms with van der Waals surface area (Å²) in [4.78, 5) is 24.3. The first-order valence-electron chi connectivity index (χ1n) is 6.34. The normalized spacial score (nSPS) is 10.5. The van der Waals surface area contributed by atoms with Crippen LogP contribution in [0.2, 0.25) is 5.02 Å². The number of hydrogen-bond donors (Lipinski definition) is 0. The van der Waals surface area contributed by atoms with Crippen LogP contribution in [0.15, 0.2) is 18.2 Å². The number of ether oxygens (including phenoxy) is 1. The Labute approximate surface area is 127 Å². The largest absolute Gasteiger partial charge is 0.420 e. The molecule has 1 aromatic heterocycles. The molecule has 0 spiro atoms. The molecule has 0 N–H and O–H groups in total. The number of halogens is 1. The first-order chi connectivity index (χ1) is 9.81. The molecular formula is C15H15ClN2O3. The number of carbonyl (C=O) groups is 2. The Hall–Kier alpha value is -2.14. The molecule has 0 aliphatic heterocycles. The second-order valence-electron chi connectivity index (χ2n) is 4.80. The number of nitrogens with zero attached hydrogens (tertiary/aromatic N) is 2. The van der Waals surface area contributed by atoms with Gasteiger partial charge >= 0.3 is 5.97 Å². The summed E-state index contributed by atoms with van der Waals surface area (Å²) in [5.74, 6) is -1.32. The number of carbonyl (C=O) groups excluding carboxylic acids is 2. The van der Waals surface area contributed by atoms with E-state index >= 15 is 0 Å². The summed E-state index contributed by atoms with van der Waals surface area (Å²) < 4.78 is 6.71. The van der Waals surface area contributed by atoms with Gasteiger partial charge in [-0.1, -0.05) is 11.6 Å². The van der Waals surface area contributed by atoms with E-state index in [0.29, 0.717) is 27.7 Å². The van der Waals surface area contributed by atoms with Gasteiger partial charge in [-0.2, -0.15) is 5.10 Å². The van der Waals surface area contributed by atoms with Crippen LogP contribution in [0.25, 0.3) is 0 Å². The van der Waals surface area contributed by atoms with Gasteiger partial charge in [-0.3, -0.25) is 9.48 Å². The van der Waals surface area contributed by atoms with Crippen LogP contribution in [0, 0.1) is 20.8 Å². The lowest BCUT2D eigenvalue weighted by Crippen LogP contribution is -2.22. The number of ketones is 1. The average Bonchev–Trinajstić information content (AvgIpc) is 2.66. The lowest BCUT2D eigenvalue weighted by atomic mass is 10.1. The Morgan fingerprint density at radius 2 is 1.90 bits per heavy atom. The van der Waals surface area contributed by atoms with Crippen molar-refractivity contribution in [3.8, 4) is 5.75 Å². The van der Waals surface area contributed by atoms with Crippen LogP contribution in [0.4, 0.5) is 0 Å². The van der Waals surface area contributed by atoms with Gasteiger partial charge in [-0.15, -0.1) is 0 Å². The minimum Gasteiger partial charge on any atom is -0.420 e. The zero-order valence-electron chi connectivity index (χ0n) is 12.2. The van der Waals surface area contributed by atoms with Crippen molar-refractivity contribution in [3.05, 3.63) is 45.7 Å². The first kappa shape index (κ1) is 15.3. The minimum absolute atomic E-state index is 0.286. The molecule has 110 valence electrons. The Balaban J connectivity index is 2.26. The number of benzene rings is 1. The predicted octanol–water partition coefficient (Wildman–Crippen LogP) is 2.79. The summed E-state index contributed by atoms with van der Waals surface area (Å²) in [6.07, 6.45) is 0. The third-order valence-corrected chi connectivity index (χ3v) is 3.50. The highest BCUT2D eigenvalue weighted by molar-refractivity contribution is 6.41. The van der Waals surface area contributed by atoms with Gasteiger partial charge in [0.25, 0.3) is 5.78 Å². The van der Waals surface area contributed by atoms with Crippen molar-refractivity contribution in [2.24, 2.45) is 7.05 Å². The SMILES string of the molecule is Cc1cc(Cl)ccc1OC(=O)C(=O)c1c(C)nn(C)c1C. The van der Waals surface area contributed by atoms with E-state index in [4.69, 9.17) is 16.3 Å². The highest BCUT2D eigenvalue weighted by Gasteiger charge is 2.26. The molecule has 0 unspecified atom stereocenters. The second-order valence-corrected chi connectivity index (χ2v) is 5.23. The Bertz CT molecular complexity index is 735. The van der Waals surface area contributed by atoms with Crippen molar-refractivity contribution in [1.82, 2.24) is 9.78 Å². The molecule has 1 aromatic carbocycles. The maximum atomic E-state index is 12.2. The van der Waals surface area contributed by atoms with E-state index in [2.05, 4.69) is 5.10 Å². The van der Waals surface area contributed by atoms with Crippen LogP contribution in [-0.2, 0) is 11.8 Å². The molecule has 0 fully saturated rings. The van der Waals surface area contributed by atoms with Gasteiger partial charge in [0.15, 0.2) is 0 Å². The van der Waals surface area contributed by atoms with Gasteiger partial charge in [0, 0.05) is 17.8 Å². The van der Waals surface area contributed by atoms with E-state index in [1.54, 1.807) is 50.7 Å². The summed E-state index contributed by atoms with van der Waals surface area (Å²) in [5, 5.41) is 4.66. The van der Waals surface area contributed by atoms with Crippen molar-refractivity contribution in [2.75, 3.05) is 0 Å². The van der Waals surface area contributed by atoms with Crippen molar-refractivity contribution in [2.45, 2.75) is 20.8 Å². The van der Waals surface area contributed by atoms with Gasteiger partial charge in [-0.25, -0.2) is 4.79 Å². The van der Waals surface area contributed by atoms with E-state index < -0.39 is 11.8 Å². The van der Waals surface area contributed by atoms with Crippen LogP contribution in [0.5, 0.6) is 5.75 Å². The maximum Gasteiger partial charge on any atom is 0.385 e. The Kier molecular flexibility index (Phi) is 4.14. The minimum atomic E-state index is -0.931. The molecule has 0 aliphatic rings. The molecule has 0 atom stereocenters. The quantitative estimate of drug-likeness (QED) is 0.379. The fraction of sp³-hybridized carbons (Fsp3) is 0.267. The zero-order chi connectivity index (χ0) is 15.7. The van der Waals surface area contributed by atoms with Crippen molar-refractivity contribution in [1.29, 1.82) is 0 Å². The van der Waals surface area contributed by atoms with Gasteiger partial charge in [-0.05, 0) is 44.5 Å². The molecule has 5 nitrogen and oxygen atoms in total. The molecule has 0 aliphatic carbocycles. The molecule has 21 heavy (non-hydrogen) atoms. The Morgan fingerprint density at radius 1 is 1.24 bits per heavy atom. The predicted molar refractivity (Wildman–Crippen MR) is 78.8 cm³/mol. The number of aryl methyl sites for hydroxylation is 3. The molecule has 0 amide bonds. The highest BCUT2D eigenvalue weighted by Crippen LogP contribution is 2.22. The first-order valence-corrected chi connectivity index (χ1v) is 6.72. The van der Waals surface area contributed by atoms with Gasteiger partial charge in [0.05, 0.1) is 11.3 Å². The highest BCUT2D eigenvalue weighted by atomic mass is 35.5. The molecule has 6 heteroatoms. The molecule has 0 saturated heterocycles. The van der Waals surface area contributed by atoms with E-state index in [0.717, 1.165) is 0 Å². The molecular weight excluding hydrogens is 292 g/mol. The fourth-order valence-corrected chi connectivity index (χ4v) is 2.30. The smallest absolute Gasteiger partial charge is 0.385 e. The zero-order valence-corrected chi connectivity index (χ0v) is 13.0. The van der Waals surface area contributed by atoms with Crippen LogP contribution in [0.1, 0.15) is 27.3 Å². The standard InChI is InChI=1S/C15H15ClN2O3/c1-8-7-11(16)5-6-12(8)21-15(20)14(19)13-9(2)17-18(4)10(13)3/h5-7H,1-4H3. The van der Waals surface area contributed by atoms with Gasteiger partial charge in [0.2, 0.25) is 0 Å². The Morgan fingerprint density at radius 3 is 2.43 bits per heavy atom. The van der Waals surface area contributed by atoms with Crippen molar-refractivity contribution in [3.63, 3.8) is 0 Å². The van der Waals surface area contributed by atoms with Crippen LogP contribution in [0.3, 0.4) is 0 Å². The van der Waals surface area contributed by atoms with E-state index in [1.807, 2.05) is 0 Å². The van der Waals surface area contributed by atoms with Crippen molar-refractivity contribution < 1.29 is 14.3 Å². The van der Waals surface area contributed by atoms with Crippen molar-refractivity contribution >= 4 is 23.4 Å². The number of esters is 1. The summed E-state index contributed by atoms with van der Waals surface area (Å²) in [6, 6.07) is 4.82. The van der Waals surface area contributed by atoms with Gasteiger partial charge in [0.1, 0.15) is 5.75 Å². The third kappa shape index (κ3) is 2.97. The molecule has 0 saturated carbocycles. The fourth-order valence-electron chi connectivity index (χ4n) is 2.08. The van der Waals surface area contributed by atoms with Gasteiger partial charge < -0.3 is 4.74 Å².